The molecule has 0 spiro atoms. The molecule has 2 heterocycles. The molecule has 1 aromatic heterocycles. The number of halogens is 1. The van der Waals surface area contributed by atoms with E-state index in [1.165, 1.54) is 30.6 Å². The largest absolute Gasteiger partial charge is 0.465 e. The molecular weight excluding hydrogens is 364 g/mol. The van der Waals surface area contributed by atoms with Crippen LogP contribution in [-0.2, 0) is 9.59 Å². The molecule has 138 valence electrons. The minimum Gasteiger partial charge on any atom is -0.465 e. The van der Waals surface area contributed by atoms with E-state index in [0.29, 0.717) is 17.3 Å². The number of rotatable bonds is 5. The third-order valence-electron chi connectivity index (χ3n) is 3.37. The molecule has 2 rings (SSSR count). The average Bonchev–Trinajstić information content (AvgIpc) is 3.10. The summed E-state index contributed by atoms with van der Waals surface area (Å²) in [7, 11) is 3.94. The number of furan rings is 1. The Kier molecular flexibility index (Phi) is 7.72. The van der Waals surface area contributed by atoms with E-state index in [4.69, 9.17) is 4.42 Å². The first-order chi connectivity index (χ1) is 11.3. The average molecular weight is 387 g/mol. The molecule has 2 amide bonds. The summed E-state index contributed by atoms with van der Waals surface area (Å²) >= 11 is 1.35. The molecule has 9 heteroatoms. The second kappa shape index (κ2) is 9.07. The standard InChI is InChI=1S/C16H22N4O3S.ClH/c1-12(21)17-15-18-20(13(2)22)16(24-15,9-10-19(3)4)8-7-14-6-5-11-23-14;/h5-8,11H,9-10H2,1-4H3,(H,17,18,21);1H. The molecule has 0 saturated heterocycles. The van der Waals surface area contributed by atoms with Gasteiger partial charge in [0.1, 0.15) is 10.6 Å². The highest BCUT2D eigenvalue weighted by molar-refractivity contribution is 8.15. The summed E-state index contributed by atoms with van der Waals surface area (Å²) in [4.78, 5) is 24.8. The van der Waals surface area contributed by atoms with Gasteiger partial charge < -0.3 is 14.6 Å². The van der Waals surface area contributed by atoms with Crippen molar-refractivity contribution in [1.82, 2.24) is 15.2 Å². The first kappa shape index (κ1) is 21.3. The smallest absolute Gasteiger partial charge is 0.241 e. The van der Waals surface area contributed by atoms with E-state index in [9.17, 15) is 9.59 Å². The van der Waals surface area contributed by atoms with Crippen LogP contribution < -0.4 is 5.32 Å². The van der Waals surface area contributed by atoms with Gasteiger partial charge in [0.25, 0.3) is 0 Å². The van der Waals surface area contributed by atoms with Crippen LogP contribution in [0.15, 0.2) is 34.0 Å². The van der Waals surface area contributed by atoms with Gasteiger partial charge in [-0.15, -0.1) is 17.5 Å². The summed E-state index contributed by atoms with van der Waals surface area (Å²) in [5.74, 6) is 0.283. The minimum atomic E-state index is -0.708. The number of carbonyl (C=O) groups excluding carboxylic acids is 2. The molecule has 0 aromatic carbocycles. The summed E-state index contributed by atoms with van der Waals surface area (Å²) in [6.45, 7) is 3.63. The lowest BCUT2D eigenvalue weighted by Crippen LogP contribution is -2.43. The molecule has 0 aliphatic carbocycles. The van der Waals surface area contributed by atoms with Gasteiger partial charge in [-0.3, -0.25) is 9.59 Å². The Morgan fingerprint density at radius 1 is 1.44 bits per heavy atom. The van der Waals surface area contributed by atoms with Gasteiger partial charge in [-0.1, -0.05) is 11.8 Å². The lowest BCUT2D eigenvalue weighted by molar-refractivity contribution is -0.131. The molecular formula is C16H23ClN4O3S. The van der Waals surface area contributed by atoms with Crippen molar-refractivity contribution in [1.29, 1.82) is 0 Å². The Hall–Kier alpha value is -1.77. The van der Waals surface area contributed by atoms with Gasteiger partial charge >= 0.3 is 0 Å². The second-order valence-corrected chi connectivity index (χ2v) is 7.06. The molecule has 1 N–H and O–H groups in total. The number of hydrogen-bond donors (Lipinski definition) is 1. The molecule has 7 nitrogen and oxygen atoms in total. The Morgan fingerprint density at radius 3 is 2.68 bits per heavy atom. The Bertz CT molecular complexity index is 660. The zero-order valence-electron chi connectivity index (χ0n) is 14.7. The fraction of sp³-hybridized carbons (Fsp3) is 0.438. The minimum absolute atomic E-state index is 0. The molecule has 0 radical (unpaired) electrons. The third kappa shape index (κ3) is 5.62. The predicted molar refractivity (Wildman–Crippen MR) is 102 cm³/mol. The molecule has 25 heavy (non-hydrogen) atoms. The normalized spacial score (nSPS) is 19.9. The lowest BCUT2D eigenvalue weighted by Gasteiger charge is -2.32. The van der Waals surface area contributed by atoms with Crippen LogP contribution in [0.1, 0.15) is 26.0 Å². The Morgan fingerprint density at radius 2 is 2.16 bits per heavy atom. The van der Waals surface area contributed by atoms with Gasteiger partial charge in [-0.2, -0.15) is 0 Å². The number of amides is 2. The maximum Gasteiger partial charge on any atom is 0.241 e. The van der Waals surface area contributed by atoms with Gasteiger partial charge in [0, 0.05) is 20.4 Å². The van der Waals surface area contributed by atoms with Crippen LogP contribution in [0.5, 0.6) is 0 Å². The van der Waals surface area contributed by atoms with Crippen LogP contribution in [0.25, 0.3) is 6.08 Å². The maximum atomic E-state index is 12.1. The van der Waals surface area contributed by atoms with Crippen LogP contribution in [-0.4, -0.2) is 52.4 Å². The summed E-state index contributed by atoms with van der Waals surface area (Å²) in [5, 5.41) is 8.80. The first-order valence-electron chi connectivity index (χ1n) is 7.56. The molecule has 1 atom stereocenters. The number of nitrogens with one attached hydrogen (secondary N) is 1. The summed E-state index contributed by atoms with van der Waals surface area (Å²) in [5.41, 5.74) is 0. The Balaban J connectivity index is 0.00000312. The molecule has 1 aliphatic rings. The molecule has 1 aliphatic heterocycles. The fourth-order valence-corrected chi connectivity index (χ4v) is 3.51. The Labute approximate surface area is 157 Å². The number of carbonyl (C=O) groups is 2. The third-order valence-corrected chi connectivity index (χ3v) is 4.62. The van der Waals surface area contributed by atoms with Gasteiger partial charge in [-0.25, -0.2) is 5.01 Å². The molecule has 0 bridgehead atoms. The predicted octanol–water partition coefficient (Wildman–Crippen LogP) is 2.37. The highest BCUT2D eigenvalue weighted by Gasteiger charge is 2.44. The molecule has 0 fully saturated rings. The van der Waals surface area contributed by atoms with E-state index < -0.39 is 4.87 Å². The molecule has 0 saturated carbocycles. The first-order valence-corrected chi connectivity index (χ1v) is 8.37. The van der Waals surface area contributed by atoms with Crippen LogP contribution in [0.4, 0.5) is 0 Å². The van der Waals surface area contributed by atoms with Crippen LogP contribution in [0.2, 0.25) is 0 Å². The van der Waals surface area contributed by atoms with Crippen molar-refractivity contribution in [3.05, 3.63) is 30.2 Å². The van der Waals surface area contributed by atoms with Crippen LogP contribution >= 0.6 is 24.2 Å². The van der Waals surface area contributed by atoms with Gasteiger partial charge in [-0.05, 0) is 44.8 Å². The summed E-state index contributed by atoms with van der Waals surface area (Å²) in [6.07, 6.45) is 5.97. The quantitative estimate of drug-likeness (QED) is 0.840. The highest BCUT2D eigenvalue weighted by Crippen LogP contribution is 2.41. The van der Waals surface area contributed by atoms with Crippen molar-refractivity contribution in [2.45, 2.75) is 25.1 Å². The fourth-order valence-electron chi connectivity index (χ4n) is 2.27. The number of hydrogen-bond acceptors (Lipinski definition) is 6. The topological polar surface area (TPSA) is 78.1 Å². The van der Waals surface area contributed by atoms with E-state index in [-0.39, 0.29) is 24.2 Å². The van der Waals surface area contributed by atoms with Crippen molar-refractivity contribution < 1.29 is 14.0 Å². The SMILES string of the molecule is CC(=O)NC1=NN(C(C)=O)C(C=Cc2ccco2)(CCN(C)C)S1.Cl. The monoisotopic (exact) mass is 386 g/mol. The number of amidine groups is 1. The van der Waals surface area contributed by atoms with Gasteiger partial charge in [0.15, 0.2) is 5.17 Å². The van der Waals surface area contributed by atoms with E-state index >= 15 is 0 Å². The zero-order valence-corrected chi connectivity index (χ0v) is 16.3. The van der Waals surface area contributed by atoms with Crippen LogP contribution in [0.3, 0.4) is 0 Å². The van der Waals surface area contributed by atoms with Crippen molar-refractivity contribution >= 4 is 47.2 Å². The van der Waals surface area contributed by atoms with E-state index in [1.807, 2.05) is 37.2 Å². The highest BCUT2D eigenvalue weighted by atomic mass is 35.5. The van der Waals surface area contributed by atoms with Crippen LogP contribution in [0, 0.1) is 0 Å². The van der Waals surface area contributed by atoms with E-state index in [1.54, 1.807) is 12.3 Å². The van der Waals surface area contributed by atoms with Gasteiger partial charge in [0.05, 0.1) is 6.26 Å². The summed E-state index contributed by atoms with van der Waals surface area (Å²) in [6, 6.07) is 3.64. The molecule has 1 unspecified atom stereocenters. The van der Waals surface area contributed by atoms with E-state index in [2.05, 4.69) is 10.4 Å². The van der Waals surface area contributed by atoms with Crippen molar-refractivity contribution in [3.8, 4) is 0 Å². The maximum absolute atomic E-state index is 12.1. The van der Waals surface area contributed by atoms with Crippen molar-refractivity contribution in [2.75, 3.05) is 20.6 Å². The van der Waals surface area contributed by atoms with Crippen molar-refractivity contribution in [3.63, 3.8) is 0 Å². The van der Waals surface area contributed by atoms with E-state index in [0.717, 1.165) is 6.54 Å². The van der Waals surface area contributed by atoms with Gasteiger partial charge in [0.2, 0.25) is 11.8 Å². The molecule has 1 aromatic rings. The number of thioether (sulfide) groups is 1. The summed E-state index contributed by atoms with van der Waals surface area (Å²) < 4.78 is 5.33. The van der Waals surface area contributed by atoms with Crippen molar-refractivity contribution in [2.24, 2.45) is 5.10 Å². The number of nitrogens with zero attached hydrogens (tertiary/aromatic N) is 3. The number of hydrazone groups is 1. The second-order valence-electron chi connectivity index (χ2n) is 5.77. The zero-order chi connectivity index (χ0) is 17.7. The lowest BCUT2D eigenvalue weighted by atomic mass is 10.1.